The Morgan fingerprint density at radius 1 is 1.17 bits per heavy atom. The summed E-state index contributed by atoms with van der Waals surface area (Å²) in [5.74, 6) is 1.68. The highest BCUT2D eigenvalue weighted by Gasteiger charge is 2.25. The summed E-state index contributed by atoms with van der Waals surface area (Å²) in [6.07, 6.45) is 5.27. The fourth-order valence-electron chi connectivity index (χ4n) is 3.46. The van der Waals surface area contributed by atoms with Gasteiger partial charge in [-0.1, -0.05) is 6.42 Å². The zero-order valence-corrected chi connectivity index (χ0v) is 15.6. The van der Waals surface area contributed by atoms with Gasteiger partial charge in [-0.15, -0.1) is 0 Å². The van der Waals surface area contributed by atoms with Gasteiger partial charge < -0.3 is 24.6 Å². The zero-order chi connectivity index (χ0) is 17.0. The van der Waals surface area contributed by atoms with Crippen molar-refractivity contribution in [3.63, 3.8) is 0 Å². The van der Waals surface area contributed by atoms with E-state index >= 15 is 0 Å². The Morgan fingerprint density at radius 2 is 2.00 bits per heavy atom. The van der Waals surface area contributed by atoms with Gasteiger partial charge in [0, 0.05) is 39.2 Å². The third kappa shape index (κ3) is 6.95. The molecule has 0 saturated carbocycles. The van der Waals surface area contributed by atoms with Gasteiger partial charge in [0.15, 0.2) is 5.96 Å². The van der Waals surface area contributed by atoms with Crippen molar-refractivity contribution in [2.24, 2.45) is 10.9 Å². The summed E-state index contributed by atoms with van der Waals surface area (Å²) < 4.78 is 10.7. The minimum absolute atomic E-state index is 0.604. The summed E-state index contributed by atoms with van der Waals surface area (Å²) in [4.78, 5) is 9.80. The lowest BCUT2D eigenvalue weighted by atomic mass is 10.1. The van der Waals surface area contributed by atoms with E-state index in [2.05, 4.69) is 22.0 Å². The molecule has 1 N–H and O–H groups in total. The molecule has 2 aliphatic heterocycles. The third-order valence-corrected chi connectivity index (χ3v) is 4.83. The van der Waals surface area contributed by atoms with Crippen molar-refractivity contribution in [1.29, 1.82) is 0 Å². The molecule has 2 aliphatic rings. The molecule has 2 fully saturated rings. The number of hydrogen-bond acceptors (Lipinski definition) is 4. The summed E-state index contributed by atoms with van der Waals surface area (Å²) >= 11 is 0. The predicted octanol–water partition coefficient (Wildman–Crippen LogP) is 1.42. The topological polar surface area (TPSA) is 49.3 Å². The predicted molar refractivity (Wildman–Crippen MR) is 98.6 cm³/mol. The maximum Gasteiger partial charge on any atom is 0.193 e. The van der Waals surface area contributed by atoms with E-state index in [-0.39, 0.29) is 0 Å². The highest BCUT2D eigenvalue weighted by atomic mass is 16.5. The average molecular weight is 341 g/mol. The van der Waals surface area contributed by atoms with Crippen molar-refractivity contribution < 1.29 is 9.47 Å². The lowest BCUT2D eigenvalue weighted by molar-refractivity contribution is 0.0536. The van der Waals surface area contributed by atoms with E-state index in [1.54, 1.807) is 7.11 Å². The molecule has 0 bridgehead atoms. The van der Waals surface area contributed by atoms with Gasteiger partial charge in [0.05, 0.1) is 26.4 Å². The molecule has 1 unspecified atom stereocenters. The first-order valence-electron chi connectivity index (χ1n) is 9.65. The quantitative estimate of drug-likeness (QED) is 0.391. The molecule has 0 spiro atoms. The van der Waals surface area contributed by atoms with E-state index in [0.717, 1.165) is 45.3 Å². The third-order valence-electron chi connectivity index (χ3n) is 4.83. The second-order valence-electron chi connectivity index (χ2n) is 6.81. The Labute approximate surface area is 147 Å². The molecule has 6 heteroatoms. The van der Waals surface area contributed by atoms with Crippen LogP contribution in [0.25, 0.3) is 0 Å². The van der Waals surface area contributed by atoms with Crippen LogP contribution in [-0.2, 0) is 9.47 Å². The SMILES string of the molecule is CCNC(=NCCN1CCCCC1)N1CCC(COCCOC)C1. The van der Waals surface area contributed by atoms with E-state index in [4.69, 9.17) is 14.5 Å². The Kier molecular flexibility index (Phi) is 9.46. The van der Waals surface area contributed by atoms with Gasteiger partial charge in [-0.25, -0.2) is 0 Å². The van der Waals surface area contributed by atoms with Crippen molar-refractivity contribution in [3.05, 3.63) is 0 Å². The monoisotopic (exact) mass is 340 g/mol. The summed E-state index contributed by atoms with van der Waals surface area (Å²) in [7, 11) is 1.71. The molecule has 2 saturated heterocycles. The fraction of sp³-hybridized carbons (Fsp3) is 0.944. The number of likely N-dealkylation sites (tertiary alicyclic amines) is 2. The molecule has 24 heavy (non-hydrogen) atoms. The molecule has 2 heterocycles. The van der Waals surface area contributed by atoms with E-state index in [1.807, 2.05) is 0 Å². The summed E-state index contributed by atoms with van der Waals surface area (Å²) in [5.41, 5.74) is 0. The van der Waals surface area contributed by atoms with Gasteiger partial charge in [-0.3, -0.25) is 4.99 Å². The van der Waals surface area contributed by atoms with Crippen LogP contribution in [-0.4, -0.2) is 88.5 Å². The summed E-state index contributed by atoms with van der Waals surface area (Å²) in [6.45, 7) is 11.9. The standard InChI is InChI=1S/C18H36N4O2/c1-3-19-18(20-8-12-21-9-5-4-6-10-21)22-11-7-17(15-22)16-24-14-13-23-2/h17H,3-16H2,1-2H3,(H,19,20). The first-order valence-corrected chi connectivity index (χ1v) is 9.65. The zero-order valence-electron chi connectivity index (χ0n) is 15.6. The molecule has 0 aromatic carbocycles. The minimum atomic E-state index is 0.604. The van der Waals surface area contributed by atoms with Gasteiger partial charge in [0.2, 0.25) is 0 Å². The van der Waals surface area contributed by atoms with E-state index in [1.165, 1.54) is 38.8 Å². The Bertz CT molecular complexity index is 359. The van der Waals surface area contributed by atoms with Crippen LogP contribution in [0.1, 0.15) is 32.6 Å². The second kappa shape index (κ2) is 11.7. The molecule has 2 rings (SSSR count). The number of guanidine groups is 1. The van der Waals surface area contributed by atoms with Crippen LogP contribution < -0.4 is 5.32 Å². The van der Waals surface area contributed by atoms with Crippen LogP contribution in [0.2, 0.25) is 0 Å². The van der Waals surface area contributed by atoms with Crippen LogP contribution >= 0.6 is 0 Å². The number of hydrogen-bond donors (Lipinski definition) is 1. The minimum Gasteiger partial charge on any atom is -0.382 e. The number of piperidine rings is 1. The van der Waals surface area contributed by atoms with E-state index in [0.29, 0.717) is 19.1 Å². The van der Waals surface area contributed by atoms with Crippen molar-refractivity contribution >= 4 is 5.96 Å². The van der Waals surface area contributed by atoms with Gasteiger partial charge >= 0.3 is 0 Å². The number of nitrogens with zero attached hydrogens (tertiary/aromatic N) is 3. The van der Waals surface area contributed by atoms with E-state index < -0.39 is 0 Å². The first-order chi connectivity index (χ1) is 11.8. The van der Waals surface area contributed by atoms with Crippen molar-refractivity contribution in [1.82, 2.24) is 15.1 Å². The number of nitrogens with one attached hydrogen (secondary N) is 1. The summed E-state index contributed by atoms with van der Waals surface area (Å²) in [5, 5.41) is 3.46. The van der Waals surface area contributed by atoms with Gasteiger partial charge in [0.1, 0.15) is 0 Å². The highest BCUT2D eigenvalue weighted by Crippen LogP contribution is 2.16. The molecule has 0 aromatic heterocycles. The Morgan fingerprint density at radius 3 is 2.75 bits per heavy atom. The summed E-state index contributed by atoms with van der Waals surface area (Å²) in [6, 6.07) is 0. The van der Waals surface area contributed by atoms with Crippen LogP contribution in [0.5, 0.6) is 0 Å². The highest BCUT2D eigenvalue weighted by molar-refractivity contribution is 5.80. The van der Waals surface area contributed by atoms with Gasteiger partial charge in [-0.05, 0) is 39.3 Å². The fourth-order valence-corrected chi connectivity index (χ4v) is 3.46. The average Bonchev–Trinajstić information content (AvgIpc) is 3.08. The molecule has 1 atom stereocenters. The second-order valence-corrected chi connectivity index (χ2v) is 6.81. The molecule has 0 aromatic rings. The molecule has 0 aliphatic carbocycles. The van der Waals surface area contributed by atoms with Crippen LogP contribution in [0.15, 0.2) is 4.99 Å². The number of aliphatic imine (C=N–C) groups is 1. The molecule has 0 amide bonds. The number of ether oxygens (including phenoxy) is 2. The molecule has 6 nitrogen and oxygen atoms in total. The van der Waals surface area contributed by atoms with E-state index in [9.17, 15) is 0 Å². The normalized spacial score (nSPS) is 23.0. The molecular weight excluding hydrogens is 304 g/mol. The Hall–Kier alpha value is -0.850. The number of rotatable bonds is 9. The van der Waals surface area contributed by atoms with Crippen LogP contribution in [0, 0.1) is 5.92 Å². The first kappa shape index (κ1) is 19.5. The largest absolute Gasteiger partial charge is 0.382 e. The molecule has 0 radical (unpaired) electrons. The van der Waals surface area contributed by atoms with Gasteiger partial charge in [0.25, 0.3) is 0 Å². The lowest BCUT2D eigenvalue weighted by Crippen LogP contribution is -2.41. The van der Waals surface area contributed by atoms with Gasteiger partial charge in [-0.2, -0.15) is 0 Å². The molecule has 140 valence electrons. The lowest BCUT2D eigenvalue weighted by Gasteiger charge is -2.26. The maximum atomic E-state index is 5.69. The number of methoxy groups -OCH3 is 1. The smallest absolute Gasteiger partial charge is 0.193 e. The van der Waals surface area contributed by atoms with Crippen LogP contribution in [0.3, 0.4) is 0 Å². The van der Waals surface area contributed by atoms with Crippen molar-refractivity contribution in [2.45, 2.75) is 32.6 Å². The van der Waals surface area contributed by atoms with Crippen molar-refractivity contribution in [3.8, 4) is 0 Å². The maximum absolute atomic E-state index is 5.69. The Balaban J connectivity index is 1.71. The van der Waals surface area contributed by atoms with Crippen LogP contribution in [0.4, 0.5) is 0 Å². The van der Waals surface area contributed by atoms with Crippen molar-refractivity contribution in [2.75, 3.05) is 72.7 Å². The molecular formula is C18H36N4O2.